The first kappa shape index (κ1) is 21.7. The van der Waals surface area contributed by atoms with Gasteiger partial charge < -0.3 is 20.5 Å². The summed E-state index contributed by atoms with van der Waals surface area (Å²) in [5.74, 6) is 1.25. The van der Waals surface area contributed by atoms with Crippen LogP contribution in [-0.4, -0.2) is 71.4 Å². The quantitative estimate of drug-likeness (QED) is 0.241. The van der Waals surface area contributed by atoms with Gasteiger partial charge in [-0.25, -0.2) is 9.78 Å². The van der Waals surface area contributed by atoms with E-state index in [2.05, 4.69) is 25.6 Å². The standard InChI is InChI=1S/C18H23N7O2.HI/c1-19-17(20-8-9-25-16(26)11-22-18(25)27)24(2)12-15-21-10-14(23-15)13-6-4-3-5-7-13;/h3-7,10H,8-9,11-12H2,1-2H3,(H,19,20)(H,21,23)(H,22,27);1H. The van der Waals surface area contributed by atoms with Crippen molar-refractivity contribution in [3.05, 3.63) is 42.4 Å². The van der Waals surface area contributed by atoms with Crippen LogP contribution in [0.1, 0.15) is 5.82 Å². The molecule has 0 aliphatic carbocycles. The zero-order valence-electron chi connectivity index (χ0n) is 15.8. The number of carbonyl (C=O) groups is 2. The second-order valence-electron chi connectivity index (χ2n) is 6.14. The van der Waals surface area contributed by atoms with E-state index in [1.807, 2.05) is 48.5 Å². The SMILES string of the molecule is CN=C(NCCN1C(=O)CNC1=O)N(C)Cc1ncc(-c2ccccc2)[nH]1.I. The highest BCUT2D eigenvalue weighted by atomic mass is 127. The molecule has 1 aliphatic rings. The second-order valence-corrected chi connectivity index (χ2v) is 6.14. The summed E-state index contributed by atoms with van der Waals surface area (Å²) in [5.41, 5.74) is 2.04. The second kappa shape index (κ2) is 10.1. The minimum Gasteiger partial charge on any atom is -0.354 e. The molecule has 1 saturated heterocycles. The Morgan fingerprint density at radius 2 is 2.07 bits per heavy atom. The molecule has 0 saturated carbocycles. The number of imidazole rings is 1. The van der Waals surface area contributed by atoms with E-state index in [9.17, 15) is 9.59 Å². The topological polar surface area (TPSA) is 106 Å². The lowest BCUT2D eigenvalue weighted by Crippen LogP contribution is -2.43. The third-order valence-corrected chi connectivity index (χ3v) is 4.23. The number of rotatable bonds is 6. The van der Waals surface area contributed by atoms with Gasteiger partial charge in [0, 0.05) is 27.2 Å². The summed E-state index contributed by atoms with van der Waals surface area (Å²) in [5, 5.41) is 5.66. The summed E-state index contributed by atoms with van der Waals surface area (Å²) in [6.45, 7) is 1.31. The Kier molecular flexibility index (Phi) is 7.79. The molecule has 2 aromatic rings. The molecule has 1 aromatic heterocycles. The largest absolute Gasteiger partial charge is 0.354 e. The maximum atomic E-state index is 11.6. The number of halogens is 1. The Morgan fingerprint density at radius 3 is 2.71 bits per heavy atom. The molecule has 1 aromatic carbocycles. The molecule has 0 bridgehead atoms. The first-order valence-electron chi connectivity index (χ1n) is 8.67. The summed E-state index contributed by atoms with van der Waals surface area (Å²) >= 11 is 0. The van der Waals surface area contributed by atoms with E-state index in [4.69, 9.17) is 0 Å². The molecule has 2 heterocycles. The van der Waals surface area contributed by atoms with Crippen molar-refractivity contribution in [3.63, 3.8) is 0 Å². The lowest BCUT2D eigenvalue weighted by atomic mass is 10.2. The molecule has 0 atom stereocenters. The highest BCUT2D eigenvalue weighted by Crippen LogP contribution is 2.16. The maximum Gasteiger partial charge on any atom is 0.324 e. The molecule has 28 heavy (non-hydrogen) atoms. The molecular weight excluding hydrogens is 473 g/mol. The fourth-order valence-electron chi connectivity index (χ4n) is 2.85. The van der Waals surface area contributed by atoms with Crippen molar-refractivity contribution < 1.29 is 9.59 Å². The molecule has 3 N–H and O–H groups in total. The van der Waals surface area contributed by atoms with Gasteiger partial charge in [0.2, 0.25) is 5.91 Å². The van der Waals surface area contributed by atoms with Gasteiger partial charge in [-0.1, -0.05) is 30.3 Å². The number of amides is 3. The molecule has 1 aliphatic heterocycles. The summed E-state index contributed by atoms with van der Waals surface area (Å²) in [4.78, 5) is 38.2. The molecule has 0 radical (unpaired) electrons. The van der Waals surface area contributed by atoms with Crippen molar-refractivity contribution in [1.29, 1.82) is 0 Å². The van der Waals surface area contributed by atoms with E-state index in [1.54, 1.807) is 7.05 Å². The average Bonchev–Trinajstić information content (AvgIpc) is 3.27. The zero-order chi connectivity index (χ0) is 19.2. The molecule has 10 heteroatoms. The van der Waals surface area contributed by atoms with Crippen molar-refractivity contribution in [1.82, 2.24) is 30.4 Å². The third-order valence-electron chi connectivity index (χ3n) is 4.23. The number of nitrogens with zero attached hydrogens (tertiary/aromatic N) is 4. The normalized spacial score (nSPS) is 13.9. The summed E-state index contributed by atoms with van der Waals surface area (Å²) < 4.78 is 0. The Balaban J connectivity index is 0.00000280. The number of aliphatic imine (C=N–C) groups is 1. The number of nitrogens with one attached hydrogen (secondary N) is 3. The number of H-pyrrole nitrogens is 1. The first-order valence-corrected chi connectivity index (χ1v) is 8.67. The summed E-state index contributed by atoms with van der Waals surface area (Å²) in [6, 6.07) is 9.64. The number of urea groups is 1. The van der Waals surface area contributed by atoms with E-state index >= 15 is 0 Å². The number of hydrogen-bond acceptors (Lipinski definition) is 4. The predicted molar refractivity (Wildman–Crippen MR) is 117 cm³/mol. The molecule has 1 fully saturated rings. The molecule has 0 unspecified atom stereocenters. The van der Waals surface area contributed by atoms with E-state index < -0.39 is 0 Å². The van der Waals surface area contributed by atoms with Gasteiger partial charge in [-0.2, -0.15) is 0 Å². The molecule has 0 spiro atoms. The monoisotopic (exact) mass is 497 g/mol. The highest BCUT2D eigenvalue weighted by Gasteiger charge is 2.27. The van der Waals surface area contributed by atoms with E-state index in [0.29, 0.717) is 19.0 Å². The predicted octanol–water partition coefficient (Wildman–Crippen LogP) is 1.25. The lowest BCUT2D eigenvalue weighted by molar-refractivity contribution is -0.124. The fraction of sp³-hybridized carbons (Fsp3) is 0.333. The van der Waals surface area contributed by atoms with Crippen LogP contribution in [0.4, 0.5) is 4.79 Å². The van der Waals surface area contributed by atoms with Crippen LogP contribution in [0.25, 0.3) is 11.3 Å². The smallest absolute Gasteiger partial charge is 0.324 e. The molecule has 3 amide bonds. The van der Waals surface area contributed by atoms with Crippen molar-refractivity contribution in [3.8, 4) is 11.3 Å². The first-order chi connectivity index (χ1) is 13.1. The van der Waals surface area contributed by atoms with Gasteiger partial charge in [0.15, 0.2) is 5.96 Å². The van der Waals surface area contributed by atoms with Gasteiger partial charge in [-0.15, -0.1) is 24.0 Å². The van der Waals surface area contributed by atoms with Crippen LogP contribution in [0.5, 0.6) is 0 Å². The highest BCUT2D eigenvalue weighted by molar-refractivity contribution is 14.0. The zero-order valence-corrected chi connectivity index (χ0v) is 18.1. The van der Waals surface area contributed by atoms with E-state index in [0.717, 1.165) is 17.1 Å². The van der Waals surface area contributed by atoms with Crippen LogP contribution in [0.2, 0.25) is 0 Å². The van der Waals surface area contributed by atoms with Crippen LogP contribution in [-0.2, 0) is 11.3 Å². The summed E-state index contributed by atoms with van der Waals surface area (Å²) in [6.07, 6.45) is 1.81. The van der Waals surface area contributed by atoms with Crippen molar-refractivity contribution in [2.75, 3.05) is 33.7 Å². The maximum absolute atomic E-state index is 11.6. The van der Waals surface area contributed by atoms with Crippen LogP contribution >= 0.6 is 24.0 Å². The van der Waals surface area contributed by atoms with Crippen LogP contribution in [0, 0.1) is 0 Å². The number of hydrogen-bond donors (Lipinski definition) is 3. The Morgan fingerprint density at radius 1 is 1.32 bits per heavy atom. The third kappa shape index (κ3) is 5.21. The van der Waals surface area contributed by atoms with Gasteiger partial charge in [0.25, 0.3) is 0 Å². The molecule has 9 nitrogen and oxygen atoms in total. The van der Waals surface area contributed by atoms with Crippen molar-refractivity contribution in [2.45, 2.75) is 6.54 Å². The van der Waals surface area contributed by atoms with Gasteiger partial charge in [-0.05, 0) is 5.56 Å². The Bertz CT molecular complexity index is 821. The van der Waals surface area contributed by atoms with Crippen LogP contribution in [0.15, 0.2) is 41.5 Å². The number of carbonyl (C=O) groups excluding carboxylic acids is 2. The van der Waals surface area contributed by atoms with Crippen LogP contribution < -0.4 is 10.6 Å². The van der Waals surface area contributed by atoms with Gasteiger partial charge in [-0.3, -0.25) is 14.7 Å². The van der Waals surface area contributed by atoms with Gasteiger partial charge in [0.05, 0.1) is 25.0 Å². The number of benzene rings is 1. The van der Waals surface area contributed by atoms with Gasteiger partial charge in [0.1, 0.15) is 5.82 Å². The van der Waals surface area contributed by atoms with Crippen LogP contribution in [0.3, 0.4) is 0 Å². The number of aromatic nitrogens is 2. The number of aromatic amines is 1. The number of imide groups is 1. The Hall–Kier alpha value is -2.63. The van der Waals surface area contributed by atoms with Crippen molar-refractivity contribution >= 4 is 41.9 Å². The lowest BCUT2D eigenvalue weighted by Gasteiger charge is -2.22. The minimum atomic E-state index is -0.353. The molecule has 3 rings (SSSR count). The van der Waals surface area contributed by atoms with Crippen molar-refractivity contribution in [2.24, 2.45) is 4.99 Å². The Labute approximate surface area is 180 Å². The minimum absolute atomic E-state index is 0. The van der Waals surface area contributed by atoms with E-state index in [1.165, 1.54) is 4.90 Å². The van der Waals surface area contributed by atoms with E-state index in [-0.39, 0.29) is 49.0 Å². The average molecular weight is 497 g/mol. The summed E-state index contributed by atoms with van der Waals surface area (Å²) in [7, 11) is 3.58. The fourth-order valence-corrected chi connectivity index (χ4v) is 2.85. The number of guanidine groups is 1. The van der Waals surface area contributed by atoms with Gasteiger partial charge >= 0.3 is 6.03 Å². The molecular formula is C18H24IN7O2. The molecule has 150 valence electrons.